The lowest BCUT2D eigenvalue weighted by molar-refractivity contribution is 0.0684. The highest BCUT2D eigenvalue weighted by Crippen LogP contribution is 2.35. The van der Waals surface area contributed by atoms with Gasteiger partial charge < -0.3 is 19.7 Å². The smallest absolute Gasteiger partial charge is 0.343 e. The first-order valence-electron chi connectivity index (χ1n) is 11.9. The first-order chi connectivity index (χ1) is 18.5. The highest BCUT2D eigenvalue weighted by molar-refractivity contribution is 5.96. The molecule has 0 aliphatic heterocycles. The Morgan fingerprint density at radius 2 is 0.897 bits per heavy atom. The number of carboxylic acid groups (broad SMARTS) is 2. The second-order valence-electron chi connectivity index (χ2n) is 9.23. The Morgan fingerprint density at radius 1 is 0.538 bits per heavy atom. The van der Waals surface area contributed by atoms with Crippen molar-refractivity contribution in [3.63, 3.8) is 0 Å². The number of carbonyl (C=O) groups excluding carboxylic acids is 2. The maximum absolute atomic E-state index is 12.6. The summed E-state index contributed by atoms with van der Waals surface area (Å²) in [6.45, 7) is 3.92. The minimum atomic E-state index is -1.14. The van der Waals surface area contributed by atoms with Crippen LogP contribution in [0.5, 0.6) is 11.5 Å². The van der Waals surface area contributed by atoms with Gasteiger partial charge in [0.05, 0.1) is 22.3 Å². The molecule has 0 amide bonds. The van der Waals surface area contributed by atoms with Crippen LogP contribution < -0.4 is 9.47 Å². The lowest BCUT2D eigenvalue weighted by atomic mass is 9.78. The molecule has 8 nitrogen and oxygen atoms in total. The fraction of sp³-hybridized carbons (Fsp3) is 0.0968. The number of aromatic carboxylic acids is 2. The van der Waals surface area contributed by atoms with Gasteiger partial charge in [0.25, 0.3) is 0 Å². The first kappa shape index (κ1) is 26.8. The van der Waals surface area contributed by atoms with E-state index in [-0.39, 0.29) is 33.8 Å². The van der Waals surface area contributed by atoms with Gasteiger partial charge in [-0.3, -0.25) is 0 Å². The quantitative estimate of drug-likeness (QED) is 0.217. The number of carbonyl (C=O) groups is 4. The van der Waals surface area contributed by atoms with E-state index in [2.05, 4.69) is 0 Å². The zero-order valence-corrected chi connectivity index (χ0v) is 21.1. The van der Waals surface area contributed by atoms with E-state index in [9.17, 15) is 29.4 Å². The summed E-state index contributed by atoms with van der Waals surface area (Å²) in [5.41, 5.74) is 1.21. The number of esters is 2. The molecule has 0 aliphatic rings. The molecule has 0 saturated carbocycles. The van der Waals surface area contributed by atoms with E-state index in [4.69, 9.17) is 9.47 Å². The lowest BCUT2D eigenvalue weighted by Gasteiger charge is -2.27. The highest BCUT2D eigenvalue weighted by atomic mass is 16.5. The molecule has 4 rings (SSSR count). The van der Waals surface area contributed by atoms with Crippen molar-refractivity contribution in [3.8, 4) is 11.5 Å². The summed E-state index contributed by atoms with van der Waals surface area (Å²) < 4.78 is 11.0. The average molecular weight is 525 g/mol. The van der Waals surface area contributed by atoms with E-state index in [1.54, 1.807) is 36.4 Å². The molecule has 0 spiro atoms. The number of hydrogen-bond donors (Lipinski definition) is 2. The maximum atomic E-state index is 12.6. The zero-order chi connectivity index (χ0) is 28.2. The Labute approximate surface area is 224 Å². The van der Waals surface area contributed by atoms with E-state index in [1.807, 2.05) is 26.0 Å². The lowest BCUT2D eigenvalue weighted by Crippen LogP contribution is -2.19. The number of rotatable bonds is 8. The van der Waals surface area contributed by atoms with Crippen molar-refractivity contribution >= 4 is 23.9 Å². The fourth-order valence-corrected chi connectivity index (χ4v) is 3.95. The van der Waals surface area contributed by atoms with Crippen LogP contribution in [-0.2, 0) is 5.41 Å². The molecule has 0 atom stereocenters. The first-order valence-corrected chi connectivity index (χ1v) is 11.9. The molecule has 39 heavy (non-hydrogen) atoms. The van der Waals surface area contributed by atoms with Crippen molar-refractivity contribution in [3.05, 3.63) is 130 Å². The van der Waals surface area contributed by atoms with Crippen LogP contribution in [0.15, 0.2) is 97.1 Å². The number of ether oxygens (including phenoxy) is 2. The summed E-state index contributed by atoms with van der Waals surface area (Å²) in [4.78, 5) is 47.7. The Morgan fingerprint density at radius 3 is 1.28 bits per heavy atom. The van der Waals surface area contributed by atoms with Crippen molar-refractivity contribution in [1.82, 2.24) is 0 Å². The summed E-state index contributed by atoms with van der Waals surface area (Å²) in [6.07, 6.45) is 0. The summed E-state index contributed by atoms with van der Waals surface area (Å²) in [6, 6.07) is 25.1. The third-order valence-corrected chi connectivity index (χ3v) is 6.22. The highest BCUT2D eigenvalue weighted by Gasteiger charge is 2.25. The van der Waals surface area contributed by atoms with Gasteiger partial charge in [0.1, 0.15) is 11.5 Å². The van der Waals surface area contributed by atoms with E-state index in [0.29, 0.717) is 0 Å². The summed E-state index contributed by atoms with van der Waals surface area (Å²) in [7, 11) is 0. The molecule has 8 heteroatoms. The van der Waals surface area contributed by atoms with Crippen LogP contribution in [0.3, 0.4) is 0 Å². The normalized spacial score (nSPS) is 10.9. The molecule has 0 aromatic heterocycles. The van der Waals surface area contributed by atoms with Gasteiger partial charge in [0, 0.05) is 5.41 Å². The van der Waals surface area contributed by atoms with E-state index in [0.717, 1.165) is 11.1 Å². The van der Waals surface area contributed by atoms with Crippen molar-refractivity contribution in [2.45, 2.75) is 19.3 Å². The van der Waals surface area contributed by atoms with Crippen LogP contribution in [0.4, 0.5) is 0 Å². The van der Waals surface area contributed by atoms with E-state index in [1.165, 1.54) is 48.5 Å². The molecular formula is C31H24O8. The molecule has 0 aliphatic carbocycles. The van der Waals surface area contributed by atoms with E-state index < -0.39 is 29.3 Å². The predicted octanol–water partition coefficient (Wildman–Crippen LogP) is 5.85. The van der Waals surface area contributed by atoms with Gasteiger partial charge in [-0.05, 0) is 71.8 Å². The number of carboxylic acids is 2. The minimum Gasteiger partial charge on any atom is -0.478 e. The second kappa shape index (κ2) is 11.0. The maximum Gasteiger partial charge on any atom is 0.343 e. The zero-order valence-electron chi connectivity index (χ0n) is 21.1. The van der Waals surface area contributed by atoms with Crippen molar-refractivity contribution < 1.29 is 38.9 Å². The monoisotopic (exact) mass is 524 g/mol. The molecule has 0 unspecified atom stereocenters. The van der Waals surface area contributed by atoms with Crippen LogP contribution in [-0.4, -0.2) is 34.1 Å². The van der Waals surface area contributed by atoms with Crippen molar-refractivity contribution in [2.75, 3.05) is 0 Å². The SMILES string of the molecule is CC(C)(c1cccc(OC(=O)c2cccc(C(=O)O)c2)c1)c1cccc(OC(=O)c2cccc(C(=O)O)c2)c1. The van der Waals surface area contributed by atoms with Crippen LogP contribution in [0, 0.1) is 0 Å². The van der Waals surface area contributed by atoms with Gasteiger partial charge in [-0.2, -0.15) is 0 Å². The Hall–Kier alpha value is -5.24. The van der Waals surface area contributed by atoms with Gasteiger partial charge in [-0.15, -0.1) is 0 Å². The topological polar surface area (TPSA) is 127 Å². The largest absolute Gasteiger partial charge is 0.478 e. The summed E-state index contributed by atoms with van der Waals surface area (Å²) in [5, 5.41) is 18.3. The molecule has 0 radical (unpaired) electrons. The molecule has 196 valence electrons. The van der Waals surface area contributed by atoms with Crippen molar-refractivity contribution in [1.29, 1.82) is 0 Å². The number of benzene rings is 4. The molecule has 0 saturated heterocycles. The van der Waals surface area contributed by atoms with Crippen LogP contribution in [0.2, 0.25) is 0 Å². The molecule has 0 fully saturated rings. The third-order valence-electron chi connectivity index (χ3n) is 6.22. The molecule has 4 aromatic rings. The van der Waals surface area contributed by atoms with Crippen molar-refractivity contribution in [2.24, 2.45) is 0 Å². The van der Waals surface area contributed by atoms with Gasteiger partial charge in [-0.25, -0.2) is 19.2 Å². The summed E-state index contributed by atoms with van der Waals surface area (Å²) >= 11 is 0. The molecule has 0 bridgehead atoms. The van der Waals surface area contributed by atoms with E-state index >= 15 is 0 Å². The average Bonchev–Trinajstić information content (AvgIpc) is 2.93. The standard InChI is InChI=1S/C31H24O8/c1-31(2,23-11-5-13-25(17-23)38-29(36)21-9-3-7-19(15-21)27(32)33)24-12-6-14-26(18-24)39-30(37)22-10-4-8-20(16-22)28(34)35/h3-18H,1-2H3,(H,32,33)(H,34,35). The van der Waals surface area contributed by atoms with Gasteiger partial charge in [-0.1, -0.05) is 50.2 Å². The van der Waals surface area contributed by atoms with Crippen LogP contribution >= 0.6 is 0 Å². The Balaban J connectivity index is 1.54. The van der Waals surface area contributed by atoms with Crippen LogP contribution in [0.1, 0.15) is 66.4 Å². The van der Waals surface area contributed by atoms with Gasteiger partial charge in [0.2, 0.25) is 0 Å². The van der Waals surface area contributed by atoms with Crippen LogP contribution in [0.25, 0.3) is 0 Å². The molecule has 2 N–H and O–H groups in total. The minimum absolute atomic E-state index is 0.0190. The molecule has 4 aromatic carbocycles. The Bertz CT molecular complexity index is 1470. The third kappa shape index (κ3) is 6.19. The van der Waals surface area contributed by atoms with Gasteiger partial charge >= 0.3 is 23.9 Å². The summed E-state index contributed by atoms with van der Waals surface area (Å²) in [5.74, 6) is -3.09. The Kier molecular flexibility index (Phi) is 7.58. The number of hydrogen-bond acceptors (Lipinski definition) is 6. The molecular weight excluding hydrogens is 500 g/mol. The predicted molar refractivity (Wildman–Crippen MR) is 142 cm³/mol. The van der Waals surface area contributed by atoms with Gasteiger partial charge in [0.15, 0.2) is 0 Å². The fourth-order valence-electron chi connectivity index (χ4n) is 3.95. The second-order valence-corrected chi connectivity index (χ2v) is 9.23. The molecule has 0 heterocycles.